The number of hydrogen-bond acceptors (Lipinski definition) is 4. The quantitative estimate of drug-likeness (QED) is 0.837. The van der Waals surface area contributed by atoms with Crippen LogP contribution in [-0.2, 0) is 17.1 Å². The Kier molecular flexibility index (Phi) is 5.30. The minimum absolute atomic E-state index is 0.390. The highest BCUT2D eigenvalue weighted by molar-refractivity contribution is 7.90. The molecule has 0 spiro atoms. The number of imidazole rings is 1. The molecule has 0 saturated heterocycles. The molecule has 7 heteroatoms. The molecule has 6 nitrogen and oxygen atoms in total. The fraction of sp³-hybridized carbons (Fsp3) is 0.632. The molecule has 1 aromatic heterocycles. The van der Waals surface area contributed by atoms with Crippen LogP contribution in [0.2, 0.25) is 0 Å². The Bertz CT molecular complexity index is 859. The molecule has 1 aliphatic rings. The van der Waals surface area contributed by atoms with Gasteiger partial charge in [-0.2, -0.15) is 0 Å². The van der Waals surface area contributed by atoms with Crippen LogP contribution in [0, 0.1) is 5.92 Å². The number of anilines is 1. The van der Waals surface area contributed by atoms with E-state index >= 15 is 0 Å². The highest BCUT2D eigenvalue weighted by Crippen LogP contribution is 2.27. The maximum absolute atomic E-state index is 12.2. The van der Waals surface area contributed by atoms with Crippen molar-refractivity contribution in [2.75, 3.05) is 11.9 Å². The van der Waals surface area contributed by atoms with E-state index in [1.807, 2.05) is 25.2 Å². The SMILES string of the molecule is Cn1c(N[C@H]2CC[C@H](CNS(=O)(=O)C(C)(C)C)CC2)nc2ccccc21. The summed E-state index contributed by atoms with van der Waals surface area (Å²) in [4.78, 5) is 4.68. The van der Waals surface area contributed by atoms with E-state index in [4.69, 9.17) is 0 Å². The smallest absolute Gasteiger partial charge is 0.216 e. The van der Waals surface area contributed by atoms with Crippen molar-refractivity contribution >= 4 is 27.0 Å². The molecule has 1 heterocycles. The topological polar surface area (TPSA) is 76.0 Å². The zero-order valence-electron chi connectivity index (χ0n) is 16.1. The molecule has 0 bridgehead atoms. The Morgan fingerprint density at radius 3 is 2.42 bits per heavy atom. The molecule has 1 aromatic carbocycles. The van der Waals surface area contributed by atoms with Gasteiger partial charge in [-0.25, -0.2) is 18.1 Å². The molecule has 1 saturated carbocycles. The number of nitrogens with one attached hydrogen (secondary N) is 2. The molecule has 0 aliphatic heterocycles. The first kappa shape index (κ1) is 19.2. The number of aryl methyl sites for hydroxylation is 1. The third-order valence-electron chi connectivity index (χ3n) is 5.34. The number of benzene rings is 1. The summed E-state index contributed by atoms with van der Waals surface area (Å²) >= 11 is 0. The van der Waals surface area contributed by atoms with Crippen LogP contribution in [0.5, 0.6) is 0 Å². The van der Waals surface area contributed by atoms with Crippen molar-refractivity contribution in [1.82, 2.24) is 14.3 Å². The molecule has 144 valence electrons. The zero-order chi connectivity index (χ0) is 18.9. The number of para-hydroxylation sites is 2. The number of rotatable bonds is 5. The van der Waals surface area contributed by atoms with Crippen molar-refractivity contribution in [2.45, 2.75) is 57.2 Å². The van der Waals surface area contributed by atoms with Crippen LogP contribution in [0.25, 0.3) is 11.0 Å². The Balaban J connectivity index is 1.53. The Morgan fingerprint density at radius 1 is 1.15 bits per heavy atom. The van der Waals surface area contributed by atoms with E-state index in [0.717, 1.165) is 42.7 Å². The summed E-state index contributed by atoms with van der Waals surface area (Å²) in [6.45, 7) is 5.73. The van der Waals surface area contributed by atoms with Crippen molar-refractivity contribution < 1.29 is 8.42 Å². The van der Waals surface area contributed by atoms with E-state index in [0.29, 0.717) is 18.5 Å². The minimum Gasteiger partial charge on any atom is -0.353 e. The lowest BCUT2D eigenvalue weighted by atomic mass is 9.86. The minimum atomic E-state index is -3.26. The number of hydrogen-bond donors (Lipinski definition) is 2. The van der Waals surface area contributed by atoms with Gasteiger partial charge >= 0.3 is 0 Å². The third kappa shape index (κ3) is 4.04. The summed E-state index contributed by atoms with van der Waals surface area (Å²) in [5.41, 5.74) is 2.13. The molecule has 2 N–H and O–H groups in total. The molecule has 0 atom stereocenters. The monoisotopic (exact) mass is 378 g/mol. The molecule has 0 radical (unpaired) electrons. The maximum atomic E-state index is 12.2. The molecule has 0 amide bonds. The maximum Gasteiger partial charge on any atom is 0.216 e. The first-order valence-corrected chi connectivity index (χ1v) is 10.8. The fourth-order valence-corrected chi connectivity index (χ4v) is 4.30. The average molecular weight is 379 g/mol. The second kappa shape index (κ2) is 7.19. The van der Waals surface area contributed by atoms with Gasteiger partial charge in [0.2, 0.25) is 16.0 Å². The van der Waals surface area contributed by atoms with Crippen LogP contribution in [0.15, 0.2) is 24.3 Å². The number of nitrogens with zero attached hydrogens (tertiary/aromatic N) is 2. The highest BCUT2D eigenvalue weighted by atomic mass is 32.2. The van der Waals surface area contributed by atoms with Gasteiger partial charge in [0.25, 0.3) is 0 Å². The predicted molar refractivity (Wildman–Crippen MR) is 107 cm³/mol. The van der Waals surface area contributed by atoms with Crippen LogP contribution >= 0.6 is 0 Å². The van der Waals surface area contributed by atoms with Gasteiger partial charge < -0.3 is 9.88 Å². The van der Waals surface area contributed by atoms with Crippen LogP contribution < -0.4 is 10.0 Å². The molecule has 0 unspecified atom stereocenters. The Morgan fingerprint density at radius 2 is 1.81 bits per heavy atom. The normalized spacial score (nSPS) is 21.8. The largest absolute Gasteiger partial charge is 0.353 e. The summed E-state index contributed by atoms with van der Waals surface area (Å²) in [6, 6.07) is 8.52. The highest BCUT2D eigenvalue weighted by Gasteiger charge is 2.30. The first-order chi connectivity index (χ1) is 12.2. The molecule has 2 aromatic rings. The summed E-state index contributed by atoms with van der Waals surface area (Å²) in [7, 11) is -1.23. The number of fused-ring (bicyclic) bond motifs is 1. The molecule has 1 fully saturated rings. The van der Waals surface area contributed by atoms with Gasteiger partial charge in [-0.3, -0.25) is 0 Å². The van der Waals surface area contributed by atoms with Gasteiger partial charge in [0.15, 0.2) is 0 Å². The zero-order valence-corrected chi connectivity index (χ0v) is 16.9. The average Bonchev–Trinajstić information content (AvgIpc) is 2.90. The predicted octanol–water partition coefficient (Wildman–Crippen LogP) is 3.26. The van der Waals surface area contributed by atoms with E-state index in [2.05, 4.69) is 25.7 Å². The Hall–Kier alpha value is -1.60. The summed E-state index contributed by atoms with van der Waals surface area (Å²) in [5.74, 6) is 1.31. The van der Waals surface area contributed by atoms with Crippen LogP contribution in [0.1, 0.15) is 46.5 Å². The van der Waals surface area contributed by atoms with E-state index in [-0.39, 0.29) is 0 Å². The lowest BCUT2D eigenvalue weighted by molar-refractivity contribution is 0.335. The Labute approximate surface area is 156 Å². The molecule has 26 heavy (non-hydrogen) atoms. The van der Waals surface area contributed by atoms with Crippen molar-refractivity contribution in [2.24, 2.45) is 13.0 Å². The molecular formula is C19H30N4O2S. The summed E-state index contributed by atoms with van der Waals surface area (Å²) in [5, 5.41) is 3.57. The molecule has 3 rings (SSSR count). The number of aromatic nitrogens is 2. The first-order valence-electron chi connectivity index (χ1n) is 9.34. The second-order valence-corrected chi connectivity index (χ2v) is 10.8. The molecular weight excluding hydrogens is 348 g/mol. The van der Waals surface area contributed by atoms with Crippen LogP contribution in [0.3, 0.4) is 0 Å². The van der Waals surface area contributed by atoms with Gasteiger partial charge in [-0.15, -0.1) is 0 Å². The fourth-order valence-electron chi connectivity index (χ4n) is 3.41. The lowest BCUT2D eigenvalue weighted by Gasteiger charge is -2.30. The van der Waals surface area contributed by atoms with Gasteiger partial charge in [0.1, 0.15) is 0 Å². The van der Waals surface area contributed by atoms with E-state index in [1.54, 1.807) is 20.8 Å². The second-order valence-electron chi connectivity index (χ2n) is 8.31. The van der Waals surface area contributed by atoms with E-state index in [9.17, 15) is 8.42 Å². The van der Waals surface area contributed by atoms with Crippen molar-refractivity contribution in [1.29, 1.82) is 0 Å². The van der Waals surface area contributed by atoms with Gasteiger partial charge in [-0.1, -0.05) is 12.1 Å². The van der Waals surface area contributed by atoms with Gasteiger partial charge in [-0.05, 0) is 64.5 Å². The van der Waals surface area contributed by atoms with E-state index in [1.165, 1.54) is 0 Å². The van der Waals surface area contributed by atoms with Crippen LogP contribution in [-0.4, -0.2) is 35.3 Å². The van der Waals surface area contributed by atoms with Gasteiger partial charge in [0.05, 0.1) is 15.8 Å². The standard InChI is InChI=1S/C19H30N4O2S/c1-19(2,3)26(24,25)20-13-14-9-11-15(12-10-14)21-18-22-16-7-5-6-8-17(16)23(18)4/h5-8,14-15,20H,9-13H2,1-4H3,(H,21,22)/t14-,15-. The third-order valence-corrected chi connectivity index (χ3v) is 7.49. The van der Waals surface area contributed by atoms with Crippen molar-refractivity contribution in [3.63, 3.8) is 0 Å². The summed E-state index contributed by atoms with van der Waals surface area (Å²) in [6.07, 6.45) is 4.11. The van der Waals surface area contributed by atoms with Gasteiger partial charge in [0, 0.05) is 19.6 Å². The van der Waals surface area contributed by atoms with Crippen LogP contribution in [0.4, 0.5) is 5.95 Å². The van der Waals surface area contributed by atoms with Crippen molar-refractivity contribution in [3.05, 3.63) is 24.3 Å². The van der Waals surface area contributed by atoms with Crippen molar-refractivity contribution in [3.8, 4) is 0 Å². The number of sulfonamides is 1. The van der Waals surface area contributed by atoms with E-state index < -0.39 is 14.8 Å². The molecule has 1 aliphatic carbocycles. The summed E-state index contributed by atoms with van der Waals surface area (Å²) < 4.78 is 28.5. The lowest BCUT2D eigenvalue weighted by Crippen LogP contribution is -2.42.